The first-order valence-electron chi connectivity index (χ1n) is 19.4. The summed E-state index contributed by atoms with van der Waals surface area (Å²) in [6, 6.07) is 20.6. The number of nitrogens with zero attached hydrogens (tertiary/aromatic N) is 3. The summed E-state index contributed by atoms with van der Waals surface area (Å²) in [6.45, 7) is 3.15. The van der Waals surface area contributed by atoms with E-state index in [-0.39, 0.29) is 43.7 Å². The van der Waals surface area contributed by atoms with E-state index in [1.54, 1.807) is 12.3 Å². The van der Waals surface area contributed by atoms with Crippen LogP contribution in [0.25, 0.3) is 10.9 Å². The summed E-state index contributed by atoms with van der Waals surface area (Å²) in [6.07, 6.45) is 7.25. The Morgan fingerprint density at radius 1 is 0.877 bits per heavy atom. The number of hydrogen-bond donors (Lipinski definition) is 0. The molecule has 0 amide bonds. The van der Waals surface area contributed by atoms with Gasteiger partial charge >= 0.3 is 5.97 Å². The third-order valence-electron chi connectivity index (χ3n) is 12.6. The number of likely N-dealkylation sites (tertiary alicyclic amines) is 1. The number of rotatable bonds is 6. The molecular weight excluding hydrogens is 794 g/mol. The zero-order valence-corrected chi connectivity index (χ0v) is 33.6. The van der Waals surface area contributed by atoms with Crippen molar-refractivity contribution in [1.29, 1.82) is 0 Å². The average molecular weight is 839 g/mol. The van der Waals surface area contributed by atoms with Crippen molar-refractivity contribution >= 4 is 32.8 Å². The Hall–Kier alpha value is -4.66. The van der Waals surface area contributed by atoms with Crippen molar-refractivity contribution in [2.24, 2.45) is 24.8 Å². The molecule has 2 aromatic heterocycles. The molecule has 7 atom stereocenters. The normalized spacial score (nSPS) is 27.8. The van der Waals surface area contributed by atoms with Crippen LogP contribution < -0.4 is 18.9 Å². The minimum Gasteiger partial charge on any atom is -0.462 e. The van der Waals surface area contributed by atoms with E-state index in [0.29, 0.717) is 37.2 Å². The molecule has 3 saturated heterocycles. The molecule has 7 heterocycles. The predicted octanol–water partition coefficient (Wildman–Crippen LogP) is 7.13. The second-order valence-electron chi connectivity index (χ2n) is 15.8. The zero-order chi connectivity index (χ0) is 38.8. The molecule has 12 nitrogen and oxygen atoms in total. The van der Waals surface area contributed by atoms with Crippen molar-refractivity contribution in [2.75, 3.05) is 54.1 Å². The highest BCUT2D eigenvalue weighted by atomic mass is 79.9. The van der Waals surface area contributed by atoms with Crippen LogP contribution in [0.1, 0.15) is 51.2 Å². The van der Waals surface area contributed by atoms with Crippen LogP contribution in [-0.4, -0.2) is 80.6 Å². The second-order valence-corrected chi connectivity index (χ2v) is 16.8. The molecule has 3 fully saturated rings. The number of benzene rings is 3. The SMILES string of the molecule is COC12CC(COC(=O)c3cncc(Br)c3)CN(C)C1Cc1cn(C)c3cccc2c13.c1cc2c(cc1C1OCC3C(c4ccc5c(c4)OCO5)OCC13)OCO2. The fourth-order valence-corrected chi connectivity index (χ4v) is 10.4. The van der Waals surface area contributed by atoms with Crippen LogP contribution in [0.5, 0.6) is 23.0 Å². The highest BCUT2D eigenvalue weighted by Gasteiger charge is 2.52. The molecule has 0 spiro atoms. The lowest BCUT2D eigenvalue weighted by molar-refractivity contribution is -0.131. The van der Waals surface area contributed by atoms with Crippen molar-refractivity contribution in [3.05, 3.63) is 112 Å². The van der Waals surface area contributed by atoms with Crippen LogP contribution in [0.4, 0.5) is 0 Å². The van der Waals surface area contributed by atoms with Gasteiger partial charge in [-0.1, -0.05) is 24.3 Å². The number of carbonyl (C=O) groups excluding carboxylic acids is 1. The van der Waals surface area contributed by atoms with Crippen molar-refractivity contribution in [2.45, 2.75) is 36.7 Å². The predicted molar refractivity (Wildman–Crippen MR) is 212 cm³/mol. The first kappa shape index (κ1) is 36.7. The summed E-state index contributed by atoms with van der Waals surface area (Å²) < 4.78 is 49.2. The third kappa shape index (κ3) is 6.35. The standard InChI is InChI=1S/C24H26BrN3O3.C20H18O6/c1-27-13-17-8-21-24(30-3,19-5-4-6-20(27)22(17)19)9-15(12-28(21)2)14-31-23(29)16-7-18(25)11-26-10-16;1-3-15-17(25-9-23-15)5-11(1)19-13-7-22-20(14(13)8-21-19)12-2-4-16-18(6-12)26-10-24-16/h4-7,10-11,13,15,21H,8-9,12,14H2,1-3H3;1-6,13-14,19-20H,7-10H2. The summed E-state index contributed by atoms with van der Waals surface area (Å²) in [5.74, 6) is 3.65. The minimum atomic E-state index is -0.421. The molecule has 57 heavy (non-hydrogen) atoms. The maximum atomic E-state index is 12.5. The van der Waals surface area contributed by atoms with Crippen molar-refractivity contribution in [1.82, 2.24) is 14.5 Å². The van der Waals surface area contributed by atoms with Gasteiger partial charge in [0.15, 0.2) is 23.0 Å². The fourth-order valence-electron chi connectivity index (χ4n) is 10.0. The third-order valence-corrected chi connectivity index (χ3v) is 13.1. The maximum Gasteiger partial charge on any atom is 0.339 e. The van der Waals surface area contributed by atoms with Gasteiger partial charge in [0.25, 0.3) is 0 Å². The second kappa shape index (κ2) is 14.6. The Kier molecular flexibility index (Phi) is 9.40. The van der Waals surface area contributed by atoms with Gasteiger partial charge in [-0.3, -0.25) is 9.88 Å². The number of piperidine rings is 1. The fraction of sp³-hybridized carbons (Fsp3) is 0.409. The summed E-state index contributed by atoms with van der Waals surface area (Å²) in [4.78, 5) is 19.0. The number of hydrogen-bond acceptors (Lipinski definition) is 11. The summed E-state index contributed by atoms with van der Waals surface area (Å²) in [5, 5.41) is 1.31. The minimum absolute atomic E-state index is 0.0218. The lowest BCUT2D eigenvalue weighted by atomic mass is 9.69. The summed E-state index contributed by atoms with van der Waals surface area (Å²) in [7, 11) is 6.07. The highest BCUT2D eigenvalue weighted by Crippen LogP contribution is 2.53. The van der Waals surface area contributed by atoms with E-state index in [1.807, 2.05) is 31.4 Å². The van der Waals surface area contributed by atoms with Crippen LogP contribution in [-0.2, 0) is 38.0 Å². The lowest BCUT2D eigenvalue weighted by Gasteiger charge is -2.53. The van der Waals surface area contributed by atoms with Gasteiger partial charge in [-0.15, -0.1) is 0 Å². The van der Waals surface area contributed by atoms with Gasteiger partial charge in [-0.2, -0.15) is 0 Å². The number of fused-ring (bicyclic) bond motifs is 5. The Balaban J connectivity index is 0.000000141. The van der Waals surface area contributed by atoms with Crippen LogP contribution in [0.3, 0.4) is 0 Å². The molecule has 13 heteroatoms. The number of likely N-dealkylation sites (N-methyl/N-ethyl adjacent to an activating group) is 1. The van der Waals surface area contributed by atoms with E-state index >= 15 is 0 Å². The van der Waals surface area contributed by atoms with Gasteiger partial charge in [0, 0.05) is 78.5 Å². The van der Waals surface area contributed by atoms with E-state index < -0.39 is 5.60 Å². The number of methoxy groups -OCH3 is 1. The van der Waals surface area contributed by atoms with Crippen LogP contribution in [0, 0.1) is 17.8 Å². The molecule has 0 saturated carbocycles. The van der Waals surface area contributed by atoms with Crippen molar-refractivity contribution < 1.29 is 42.7 Å². The molecule has 296 valence electrons. The van der Waals surface area contributed by atoms with Gasteiger partial charge in [0.1, 0.15) is 5.60 Å². The smallest absolute Gasteiger partial charge is 0.339 e. The van der Waals surface area contributed by atoms with E-state index in [1.165, 1.54) is 28.2 Å². The first-order chi connectivity index (χ1) is 27.8. The largest absolute Gasteiger partial charge is 0.462 e. The number of aromatic nitrogens is 2. The van der Waals surface area contributed by atoms with E-state index in [2.05, 4.69) is 81.0 Å². The zero-order valence-electron chi connectivity index (χ0n) is 32.0. The van der Waals surface area contributed by atoms with Crippen LogP contribution in [0.2, 0.25) is 0 Å². The number of carbonyl (C=O) groups is 1. The number of halogens is 1. The highest BCUT2D eigenvalue weighted by molar-refractivity contribution is 9.10. The molecule has 7 unspecified atom stereocenters. The molecule has 1 aliphatic carbocycles. The summed E-state index contributed by atoms with van der Waals surface area (Å²) in [5.41, 5.74) is 6.14. The molecule has 0 radical (unpaired) electrons. The number of ether oxygens (including phenoxy) is 8. The molecule has 0 bridgehead atoms. The quantitative estimate of drug-likeness (QED) is 0.163. The number of pyridine rings is 1. The molecular formula is C44H44BrN3O9. The molecule has 0 N–H and O–H groups in total. The van der Waals surface area contributed by atoms with Crippen molar-refractivity contribution in [3.8, 4) is 23.0 Å². The van der Waals surface area contributed by atoms with Gasteiger partial charge in [0.05, 0.1) is 37.6 Å². The van der Waals surface area contributed by atoms with Gasteiger partial charge in [0.2, 0.25) is 13.6 Å². The maximum absolute atomic E-state index is 12.5. The average Bonchev–Trinajstić information content (AvgIpc) is 4.07. The lowest BCUT2D eigenvalue weighted by Crippen LogP contribution is -2.59. The topological polar surface area (TPSA) is 112 Å². The Labute approximate surface area is 339 Å². The Morgan fingerprint density at radius 3 is 2.19 bits per heavy atom. The molecule has 11 rings (SSSR count). The number of aryl methyl sites for hydroxylation is 1. The van der Waals surface area contributed by atoms with E-state index in [4.69, 9.17) is 37.9 Å². The van der Waals surface area contributed by atoms with E-state index in [9.17, 15) is 4.79 Å². The van der Waals surface area contributed by atoms with Gasteiger partial charge < -0.3 is 42.5 Å². The molecule has 5 aliphatic heterocycles. The number of esters is 1. The van der Waals surface area contributed by atoms with E-state index in [0.717, 1.165) is 58.0 Å². The van der Waals surface area contributed by atoms with Crippen LogP contribution >= 0.6 is 15.9 Å². The Bertz CT molecular complexity index is 2280. The van der Waals surface area contributed by atoms with Crippen LogP contribution in [0.15, 0.2) is 83.7 Å². The first-order valence-corrected chi connectivity index (χ1v) is 20.2. The summed E-state index contributed by atoms with van der Waals surface area (Å²) >= 11 is 3.35. The molecule has 6 aliphatic rings. The van der Waals surface area contributed by atoms with Gasteiger partial charge in [-0.25, -0.2) is 4.79 Å². The molecule has 5 aromatic rings. The van der Waals surface area contributed by atoms with Crippen molar-refractivity contribution in [3.63, 3.8) is 0 Å². The molecule has 3 aromatic carbocycles. The monoisotopic (exact) mass is 837 g/mol. The Morgan fingerprint density at radius 2 is 1.54 bits per heavy atom. The van der Waals surface area contributed by atoms with Gasteiger partial charge in [-0.05, 0) is 94.5 Å².